The van der Waals surface area contributed by atoms with Gasteiger partial charge in [-0.3, -0.25) is 4.79 Å². The summed E-state index contributed by atoms with van der Waals surface area (Å²) in [5.74, 6) is 1.55. The molecule has 0 radical (unpaired) electrons. The number of esters is 1. The molecule has 9 nitrogen and oxygen atoms in total. The van der Waals surface area contributed by atoms with Gasteiger partial charge in [0.25, 0.3) is 0 Å². The van der Waals surface area contributed by atoms with E-state index in [4.69, 9.17) is 25.8 Å². The number of anilines is 2. The molecule has 3 amide bonds. The molecule has 1 heterocycles. The number of urea groups is 1. The van der Waals surface area contributed by atoms with Crippen LogP contribution in [0.15, 0.2) is 60.7 Å². The van der Waals surface area contributed by atoms with Crippen molar-refractivity contribution < 1.29 is 28.6 Å². The smallest absolute Gasteiger partial charge is 0.341 e. The highest BCUT2D eigenvalue weighted by Gasteiger charge is 2.31. The highest BCUT2D eigenvalue weighted by atomic mass is 35.5. The maximum Gasteiger partial charge on any atom is 0.341 e. The van der Waals surface area contributed by atoms with Crippen LogP contribution in [-0.2, 0) is 16.0 Å². The fraction of sp³-hybridized carbons (Fsp3) is 0.250. The van der Waals surface area contributed by atoms with Gasteiger partial charge in [0.05, 0.1) is 56.1 Å². The zero-order valence-corrected chi connectivity index (χ0v) is 23.2. The molecule has 204 valence electrons. The first-order valence-corrected chi connectivity index (χ1v) is 13.5. The Balaban J connectivity index is 1.45. The van der Waals surface area contributed by atoms with E-state index in [0.717, 1.165) is 16.9 Å². The van der Waals surface area contributed by atoms with Crippen molar-refractivity contribution in [3.63, 3.8) is 0 Å². The number of carbonyl (C=O) groups excluding carboxylic acids is 3. The monoisotopic (exact) mass is 569 g/mol. The first-order chi connectivity index (χ1) is 18.8. The van der Waals surface area contributed by atoms with Crippen molar-refractivity contribution in [2.45, 2.75) is 12.5 Å². The zero-order valence-electron chi connectivity index (χ0n) is 21.7. The van der Waals surface area contributed by atoms with Crippen LogP contribution in [0.3, 0.4) is 0 Å². The van der Waals surface area contributed by atoms with E-state index in [1.54, 1.807) is 66.4 Å². The van der Waals surface area contributed by atoms with Gasteiger partial charge < -0.3 is 29.7 Å². The van der Waals surface area contributed by atoms with E-state index < -0.39 is 12.0 Å². The SMILES string of the molecule is COC(=O)c1ccc(C2CSCN2C(=O)Cc2ccc(NC(=O)Nc3ccccc3Cl)c(OC)c2)cc1OC. The average molecular weight is 570 g/mol. The molecular weight excluding hydrogens is 542 g/mol. The van der Waals surface area contributed by atoms with Crippen LogP contribution in [0.2, 0.25) is 5.02 Å². The number of hydrogen-bond acceptors (Lipinski definition) is 7. The van der Waals surface area contributed by atoms with Crippen LogP contribution in [0.1, 0.15) is 27.5 Å². The second-order valence-corrected chi connectivity index (χ2v) is 10.0. The number of ether oxygens (including phenoxy) is 3. The molecule has 0 aliphatic carbocycles. The molecule has 0 saturated carbocycles. The predicted octanol–water partition coefficient (Wildman–Crippen LogP) is 5.60. The first kappa shape index (κ1) is 28.1. The third-order valence-corrected chi connectivity index (χ3v) is 7.55. The molecule has 0 spiro atoms. The van der Waals surface area contributed by atoms with Gasteiger partial charge in [-0.05, 0) is 47.5 Å². The molecule has 39 heavy (non-hydrogen) atoms. The third-order valence-electron chi connectivity index (χ3n) is 6.21. The molecule has 3 aromatic rings. The lowest BCUT2D eigenvalue weighted by Crippen LogP contribution is -2.32. The third kappa shape index (κ3) is 6.58. The van der Waals surface area contributed by atoms with Crippen LogP contribution >= 0.6 is 23.4 Å². The van der Waals surface area contributed by atoms with Crippen molar-refractivity contribution in [1.29, 1.82) is 0 Å². The lowest BCUT2D eigenvalue weighted by molar-refractivity contribution is -0.131. The van der Waals surface area contributed by atoms with E-state index in [9.17, 15) is 14.4 Å². The highest BCUT2D eigenvalue weighted by molar-refractivity contribution is 7.99. The molecule has 2 N–H and O–H groups in total. The summed E-state index contributed by atoms with van der Waals surface area (Å²) in [6, 6.07) is 16.7. The minimum absolute atomic E-state index is 0.0553. The first-order valence-electron chi connectivity index (χ1n) is 12.0. The van der Waals surface area contributed by atoms with E-state index in [0.29, 0.717) is 39.3 Å². The second-order valence-electron chi connectivity index (χ2n) is 8.60. The topological polar surface area (TPSA) is 106 Å². The number of hydrogen-bond donors (Lipinski definition) is 2. The Morgan fingerprint density at radius 3 is 2.41 bits per heavy atom. The zero-order chi connectivity index (χ0) is 27.9. The average Bonchev–Trinajstić information content (AvgIpc) is 3.44. The number of benzene rings is 3. The van der Waals surface area contributed by atoms with Crippen molar-refractivity contribution in [1.82, 2.24) is 4.90 Å². The van der Waals surface area contributed by atoms with Crippen molar-refractivity contribution in [3.05, 3.63) is 82.4 Å². The number of methoxy groups -OCH3 is 3. The normalized spacial score (nSPS) is 14.5. The predicted molar refractivity (Wildman–Crippen MR) is 152 cm³/mol. The number of rotatable bonds is 8. The number of carbonyl (C=O) groups is 3. The summed E-state index contributed by atoms with van der Waals surface area (Å²) >= 11 is 7.77. The van der Waals surface area contributed by atoms with Crippen LogP contribution in [0.5, 0.6) is 11.5 Å². The van der Waals surface area contributed by atoms with Crippen molar-refractivity contribution in [3.8, 4) is 11.5 Å². The summed E-state index contributed by atoms with van der Waals surface area (Å²) in [6.45, 7) is 0. The molecule has 1 fully saturated rings. The number of thioether (sulfide) groups is 1. The van der Waals surface area contributed by atoms with E-state index in [1.807, 2.05) is 11.0 Å². The Kier molecular flexibility index (Phi) is 9.21. The van der Waals surface area contributed by atoms with Gasteiger partial charge in [-0.25, -0.2) is 9.59 Å². The molecule has 1 aliphatic heterocycles. The maximum atomic E-state index is 13.3. The van der Waals surface area contributed by atoms with Crippen molar-refractivity contribution in [2.75, 3.05) is 43.6 Å². The van der Waals surface area contributed by atoms with Crippen LogP contribution in [0, 0.1) is 0 Å². The standard InChI is InChI=1S/C28H28ClN3O6S/c1-36-24-14-18(9-10-19(24)27(34)38-3)23-15-39-16-32(23)26(33)13-17-8-11-22(25(12-17)37-2)31-28(35)30-21-7-5-4-6-20(21)29/h4-12,14,23H,13,15-16H2,1-3H3,(H2,30,31,35). The van der Waals surface area contributed by atoms with Gasteiger partial charge in [0.1, 0.15) is 17.1 Å². The molecule has 1 unspecified atom stereocenters. The molecule has 3 aromatic carbocycles. The number of para-hydroxylation sites is 1. The highest BCUT2D eigenvalue weighted by Crippen LogP contribution is 2.36. The minimum Gasteiger partial charge on any atom is -0.496 e. The Bertz CT molecular complexity index is 1390. The number of nitrogens with zero attached hydrogens (tertiary/aromatic N) is 1. The molecule has 0 bridgehead atoms. The summed E-state index contributed by atoms with van der Waals surface area (Å²) in [5, 5.41) is 5.87. The summed E-state index contributed by atoms with van der Waals surface area (Å²) < 4.78 is 15.7. The van der Waals surface area contributed by atoms with Gasteiger partial charge in [-0.2, -0.15) is 0 Å². The summed E-state index contributed by atoms with van der Waals surface area (Å²) in [4.78, 5) is 39.7. The molecule has 1 saturated heterocycles. The summed E-state index contributed by atoms with van der Waals surface area (Å²) in [5.41, 5.74) is 2.87. The van der Waals surface area contributed by atoms with Crippen LogP contribution in [0.25, 0.3) is 0 Å². The minimum atomic E-state index is -0.486. The van der Waals surface area contributed by atoms with Gasteiger partial charge in [0.15, 0.2) is 0 Å². The molecule has 4 rings (SSSR count). The fourth-order valence-electron chi connectivity index (χ4n) is 4.22. The van der Waals surface area contributed by atoms with E-state index in [1.165, 1.54) is 21.3 Å². The largest absolute Gasteiger partial charge is 0.496 e. The van der Waals surface area contributed by atoms with E-state index in [2.05, 4.69) is 10.6 Å². The van der Waals surface area contributed by atoms with Gasteiger partial charge >= 0.3 is 12.0 Å². The molecular formula is C28H28ClN3O6S. The second kappa shape index (κ2) is 12.8. The number of amides is 3. The molecule has 1 aliphatic rings. The Morgan fingerprint density at radius 1 is 0.949 bits per heavy atom. The molecule has 11 heteroatoms. The van der Waals surface area contributed by atoms with Gasteiger partial charge in [0, 0.05) is 5.75 Å². The van der Waals surface area contributed by atoms with E-state index >= 15 is 0 Å². The van der Waals surface area contributed by atoms with Crippen LogP contribution < -0.4 is 20.1 Å². The van der Waals surface area contributed by atoms with Gasteiger partial charge in [-0.1, -0.05) is 35.9 Å². The maximum absolute atomic E-state index is 13.3. The molecule has 0 aromatic heterocycles. The van der Waals surface area contributed by atoms with Gasteiger partial charge in [0.2, 0.25) is 5.91 Å². The van der Waals surface area contributed by atoms with E-state index in [-0.39, 0.29) is 18.4 Å². The van der Waals surface area contributed by atoms with Crippen LogP contribution in [0.4, 0.5) is 16.2 Å². The summed E-state index contributed by atoms with van der Waals surface area (Å²) in [6.07, 6.45) is 0.150. The van der Waals surface area contributed by atoms with Crippen molar-refractivity contribution >= 4 is 52.6 Å². The van der Waals surface area contributed by atoms with Crippen molar-refractivity contribution in [2.24, 2.45) is 0 Å². The number of halogens is 1. The van der Waals surface area contributed by atoms with Crippen LogP contribution in [-0.4, -0.2) is 55.8 Å². The molecule has 1 atom stereocenters. The Morgan fingerprint density at radius 2 is 1.69 bits per heavy atom. The lowest BCUT2D eigenvalue weighted by Gasteiger charge is -2.25. The van der Waals surface area contributed by atoms with Gasteiger partial charge in [-0.15, -0.1) is 11.8 Å². The lowest BCUT2D eigenvalue weighted by atomic mass is 10.0. The number of nitrogens with one attached hydrogen (secondary N) is 2. The summed E-state index contributed by atoms with van der Waals surface area (Å²) in [7, 11) is 4.30. The fourth-order valence-corrected chi connectivity index (χ4v) is 5.63. The Labute approximate surface area is 235 Å². The Hall–Kier alpha value is -3.89. The quantitative estimate of drug-likeness (QED) is 0.340.